The second-order valence-corrected chi connectivity index (χ2v) is 30.2. The topological polar surface area (TPSA) is 374 Å². The third-order valence-corrected chi connectivity index (χ3v) is 20.5. The smallest absolute Gasteiger partial charge is 0.410 e. The van der Waals surface area contributed by atoms with Crippen molar-refractivity contribution in [3.8, 4) is 11.1 Å². The minimum atomic E-state index is -4.52. The molecule has 2 fully saturated rings. The summed E-state index contributed by atoms with van der Waals surface area (Å²) in [6.07, 6.45) is 7.41. The number of hydrogen-bond donors (Lipinski definition) is 7. The zero-order valence-corrected chi connectivity index (χ0v) is 57.8. The van der Waals surface area contributed by atoms with Gasteiger partial charge in [-0.05, 0) is 140 Å². The van der Waals surface area contributed by atoms with Crippen LogP contribution >= 0.6 is 11.3 Å². The molecule has 2 aliphatic carbocycles. The lowest BCUT2D eigenvalue weighted by molar-refractivity contribution is -0.179. The van der Waals surface area contributed by atoms with Gasteiger partial charge in [0.1, 0.15) is 19.0 Å². The van der Waals surface area contributed by atoms with Gasteiger partial charge in [0.05, 0.1) is 40.4 Å². The number of aromatic carboxylic acids is 1. The molecule has 3 aromatic carbocycles. The minimum absolute atomic E-state index is 0.00717. The molecule has 4 aliphatic rings. The van der Waals surface area contributed by atoms with Gasteiger partial charge >= 0.3 is 18.1 Å². The molecule has 3 aromatic heterocycles. The quantitative estimate of drug-likeness (QED) is 0.0132. The number of nitrogens with zero attached hydrogens (tertiary/aromatic N) is 7. The van der Waals surface area contributed by atoms with Crippen molar-refractivity contribution in [2.45, 2.75) is 131 Å². The normalized spacial score (nSPS) is 20.3. The zero-order valence-electron chi connectivity index (χ0n) is 56.2. The molecule has 29 heteroatoms. The van der Waals surface area contributed by atoms with Gasteiger partial charge in [-0.1, -0.05) is 82.4 Å². The monoisotopic (exact) mass is 1400 g/mol. The molecule has 0 radical (unpaired) electrons. The van der Waals surface area contributed by atoms with Crippen LogP contribution in [0.3, 0.4) is 0 Å². The third-order valence-electron chi connectivity index (χ3n) is 18.9. The molecule has 8 N–H and O–H groups in total. The molecule has 526 valence electrons. The Hall–Kier alpha value is -9.45. The molecule has 5 heterocycles. The standard InChI is InChI=1S/C70H84N12O15S2/c1-42(2)60(77-57(84)36-81-58(85)22-23-59(81)86)54(83)31-47(12-10-25-72-65(71)91)62(87)74-48-18-16-45(17-19-48)37-96-67(92)79(28-30-99(93,94)95)27-29-97-70-33-43(3)32-68(5,39-70)38-69(6,40-70)41-82-44(4)51(34-73-82)49-20-21-56(76-61(49)64(89)90)80-26-24-46-11-9-13-50(52(46)35-80)63(88)78-66-75-53-14-7-8-15-55(53)98-66/h7-9,11,13-23,34,42-43,47,60H,10,12,24-33,35-41H2,1-6H3,(H,74,87)(H,77,84)(H,89,90)(H3,71,72,91)(H,75,78,88)(H,93,94,95)/t43?,47-,60+,68?,69?,70?/m1/s1. The molecule has 2 aliphatic heterocycles. The Morgan fingerprint density at radius 2 is 1.64 bits per heavy atom. The van der Waals surface area contributed by atoms with Gasteiger partial charge in [0.25, 0.3) is 27.8 Å². The SMILES string of the molecule is Cc1c(-c2ccc(N3CCc4cccc(C(=O)Nc5nc6ccccc6s5)c4C3)nc2C(=O)O)cnn1CC1(C)CC2(C)CC(C)CC(OCCN(CCS(=O)(=O)O)C(=O)OCc3ccc(NC(=O)[C@H](CCCNC(N)=O)CC(=O)[C@@H](NC(=O)CN4C(=O)C=CC4=O)C(C)C)cc3)(C2)C1. The van der Waals surface area contributed by atoms with E-state index in [1.54, 1.807) is 56.4 Å². The number of carbonyl (C=O) groups excluding carboxylic acids is 8. The van der Waals surface area contributed by atoms with E-state index in [0.29, 0.717) is 77.8 Å². The van der Waals surface area contributed by atoms with Crippen LogP contribution in [0.15, 0.2) is 97.2 Å². The van der Waals surface area contributed by atoms with Crippen molar-refractivity contribution in [2.75, 3.05) is 60.6 Å². The number of urea groups is 1. The van der Waals surface area contributed by atoms with Gasteiger partial charge in [-0.2, -0.15) is 13.5 Å². The largest absolute Gasteiger partial charge is 0.476 e. The van der Waals surface area contributed by atoms with E-state index >= 15 is 0 Å². The van der Waals surface area contributed by atoms with E-state index in [0.717, 1.165) is 63.4 Å². The average Bonchev–Trinajstić information content (AvgIpc) is 1.28. The molecule has 99 heavy (non-hydrogen) atoms. The van der Waals surface area contributed by atoms with E-state index in [1.807, 2.05) is 59.0 Å². The number of nitrogens with two attached hydrogens (primary N) is 1. The molecular formula is C70H84N12O15S2. The fraction of sp³-hybridized carbons (Fsp3) is 0.457. The number of aromatic nitrogens is 4. The summed E-state index contributed by atoms with van der Waals surface area (Å²) in [5, 5.41) is 26.9. The number of hydrogen-bond acceptors (Lipinski definition) is 18. The number of thiazole rings is 1. The predicted octanol–water partition coefficient (Wildman–Crippen LogP) is 8.31. The van der Waals surface area contributed by atoms with Gasteiger partial charge in [0.15, 0.2) is 16.6 Å². The molecule has 0 spiro atoms. The van der Waals surface area contributed by atoms with Crippen molar-refractivity contribution in [1.29, 1.82) is 0 Å². The van der Waals surface area contributed by atoms with Crippen LogP contribution in [-0.4, -0.2) is 158 Å². The van der Waals surface area contributed by atoms with Crippen LogP contribution in [0.2, 0.25) is 0 Å². The summed E-state index contributed by atoms with van der Waals surface area (Å²) in [6, 6.07) is 21.4. The van der Waals surface area contributed by atoms with Crippen LogP contribution in [0.1, 0.15) is 129 Å². The van der Waals surface area contributed by atoms with Gasteiger partial charge in [0.2, 0.25) is 11.8 Å². The summed E-state index contributed by atoms with van der Waals surface area (Å²) >= 11 is 1.40. The second kappa shape index (κ2) is 30.3. The maximum atomic E-state index is 13.9. The number of carboxylic acids is 1. The highest BCUT2D eigenvalue weighted by Gasteiger charge is 2.56. The molecule has 8 amide bonds. The van der Waals surface area contributed by atoms with Crippen LogP contribution < -0.4 is 31.9 Å². The van der Waals surface area contributed by atoms with E-state index in [9.17, 15) is 61.2 Å². The fourth-order valence-corrected chi connectivity index (χ4v) is 16.4. The number of ether oxygens (including phenoxy) is 2. The Kier molecular flexibility index (Phi) is 22.2. The van der Waals surface area contributed by atoms with Crippen molar-refractivity contribution < 1.29 is 70.7 Å². The summed E-state index contributed by atoms with van der Waals surface area (Å²) in [7, 11) is -4.52. The van der Waals surface area contributed by atoms with E-state index < -0.39 is 99.9 Å². The average molecular weight is 1400 g/mol. The number of nitrogens with one attached hydrogen (secondary N) is 4. The van der Waals surface area contributed by atoms with E-state index in [1.165, 1.54) is 16.2 Å². The number of anilines is 3. The molecule has 4 unspecified atom stereocenters. The lowest BCUT2D eigenvalue weighted by atomic mass is 9.51. The molecule has 27 nitrogen and oxygen atoms in total. The maximum Gasteiger partial charge on any atom is 0.410 e. The molecule has 6 atom stereocenters. The Bertz CT molecular complexity index is 4200. The van der Waals surface area contributed by atoms with Crippen LogP contribution in [0.5, 0.6) is 0 Å². The first-order valence-electron chi connectivity index (χ1n) is 33.0. The number of ketones is 1. The van der Waals surface area contributed by atoms with Crippen molar-refractivity contribution in [3.63, 3.8) is 0 Å². The van der Waals surface area contributed by atoms with Gasteiger partial charge in [-0.15, -0.1) is 0 Å². The number of pyridine rings is 1. The van der Waals surface area contributed by atoms with Crippen molar-refractivity contribution >= 4 is 102 Å². The number of carbonyl (C=O) groups is 9. The first kappa shape index (κ1) is 72.3. The summed E-state index contributed by atoms with van der Waals surface area (Å²) < 4.78 is 49.5. The van der Waals surface area contributed by atoms with Crippen LogP contribution in [-0.2, 0) is 69.7 Å². The van der Waals surface area contributed by atoms with Crippen molar-refractivity contribution in [2.24, 2.45) is 34.3 Å². The molecule has 6 aromatic rings. The van der Waals surface area contributed by atoms with Gasteiger partial charge < -0.3 is 46.1 Å². The maximum absolute atomic E-state index is 13.9. The highest BCUT2D eigenvalue weighted by molar-refractivity contribution is 7.85. The van der Waals surface area contributed by atoms with Crippen LogP contribution in [0, 0.1) is 35.5 Å². The van der Waals surface area contributed by atoms with Gasteiger partial charge in [-0.3, -0.25) is 48.2 Å². The Balaban J connectivity index is 0.763. The summed E-state index contributed by atoms with van der Waals surface area (Å²) in [5.41, 5.74) is 9.64. The number of amides is 8. The summed E-state index contributed by atoms with van der Waals surface area (Å²) in [5.74, 6) is -5.99. The van der Waals surface area contributed by atoms with E-state index in [2.05, 4.69) is 47.0 Å². The fourth-order valence-electron chi connectivity index (χ4n) is 15.1. The Morgan fingerprint density at radius 3 is 2.34 bits per heavy atom. The van der Waals surface area contributed by atoms with Crippen LogP contribution in [0.25, 0.3) is 21.3 Å². The van der Waals surface area contributed by atoms with Crippen LogP contribution in [0.4, 0.5) is 26.2 Å². The number of imide groups is 1. The number of rotatable bonds is 29. The summed E-state index contributed by atoms with van der Waals surface area (Å²) in [4.78, 5) is 130. The molecular weight excluding hydrogens is 1310 g/mol. The molecule has 2 saturated carbocycles. The number of primary amides is 1. The van der Waals surface area contributed by atoms with Crippen molar-refractivity contribution in [1.82, 2.24) is 40.2 Å². The lowest BCUT2D eigenvalue weighted by Crippen LogP contribution is -2.55. The Morgan fingerprint density at radius 1 is 0.889 bits per heavy atom. The predicted molar refractivity (Wildman–Crippen MR) is 369 cm³/mol. The number of carboxylic acid groups (broad SMARTS) is 1. The molecule has 2 bridgehead atoms. The second-order valence-electron chi connectivity index (χ2n) is 27.6. The summed E-state index contributed by atoms with van der Waals surface area (Å²) in [6.45, 7) is 12.1. The number of para-hydroxylation sites is 1. The van der Waals surface area contributed by atoms with Gasteiger partial charge in [-0.25, -0.2) is 24.4 Å². The molecule has 10 rings (SSSR count). The number of Topliss-reactive ketones (excluding diaryl/α,β-unsaturated/α-hetero) is 1. The number of benzene rings is 3. The van der Waals surface area contributed by atoms with Gasteiger partial charge in [0, 0.05) is 91.8 Å². The number of fused-ring (bicyclic) bond motifs is 4. The zero-order chi connectivity index (χ0) is 71.1. The highest BCUT2D eigenvalue weighted by Crippen LogP contribution is 2.60. The van der Waals surface area contributed by atoms with E-state index in [4.69, 9.17) is 25.3 Å². The minimum Gasteiger partial charge on any atom is -0.476 e. The lowest BCUT2D eigenvalue weighted by Gasteiger charge is -2.58. The molecule has 0 saturated heterocycles. The van der Waals surface area contributed by atoms with E-state index in [-0.39, 0.29) is 73.9 Å². The first-order chi connectivity index (χ1) is 46.9. The third kappa shape index (κ3) is 18.1. The Labute approximate surface area is 577 Å². The first-order valence-corrected chi connectivity index (χ1v) is 35.5. The highest BCUT2D eigenvalue weighted by atomic mass is 32.2. The van der Waals surface area contributed by atoms with Crippen molar-refractivity contribution in [3.05, 3.63) is 131 Å².